The van der Waals surface area contributed by atoms with E-state index in [0.717, 1.165) is 31.1 Å². The van der Waals surface area contributed by atoms with Crippen LogP contribution < -0.4 is 5.73 Å². The van der Waals surface area contributed by atoms with Gasteiger partial charge in [-0.05, 0) is 56.3 Å². The molecule has 0 spiro atoms. The molecule has 13 heavy (non-hydrogen) atoms. The zero-order valence-electron chi connectivity index (χ0n) is 8.08. The Morgan fingerprint density at radius 3 is 2.85 bits per heavy atom. The third kappa shape index (κ3) is 1.15. The fraction of sp³-hybridized carbons (Fsp3) is 1.00. The standard InChI is InChI=1S/C11H19NO/c12-10-2-1-7-3-8-5-11(13,4-7)6-9(8)10/h7-10,13H,1-6,12H2/t7?,8?,9?,10-,11-/m0/s1. The van der Waals surface area contributed by atoms with Crippen molar-refractivity contribution >= 4 is 0 Å². The zero-order chi connectivity index (χ0) is 9.05. The van der Waals surface area contributed by atoms with Crippen LogP contribution in [0.2, 0.25) is 0 Å². The first kappa shape index (κ1) is 8.25. The summed E-state index contributed by atoms with van der Waals surface area (Å²) in [6, 6.07) is 0.379. The minimum Gasteiger partial charge on any atom is -0.390 e. The highest BCUT2D eigenvalue weighted by Gasteiger charge is 2.52. The maximum Gasteiger partial charge on any atom is 0.0656 e. The topological polar surface area (TPSA) is 46.2 Å². The van der Waals surface area contributed by atoms with Gasteiger partial charge < -0.3 is 10.8 Å². The van der Waals surface area contributed by atoms with E-state index in [2.05, 4.69) is 0 Å². The zero-order valence-corrected chi connectivity index (χ0v) is 8.08. The van der Waals surface area contributed by atoms with Crippen LogP contribution in [0.25, 0.3) is 0 Å². The first-order valence-corrected chi connectivity index (χ1v) is 5.64. The molecule has 0 aromatic carbocycles. The van der Waals surface area contributed by atoms with E-state index < -0.39 is 0 Å². The maximum absolute atomic E-state index is 10.3. The number of rotatable bonds is 0. The lowest BCUT2D eigenvalue weighted by molar-refractivity contribution is -0.00548. The van der Waals surface area contributed by atoms with Crippen molar-refractivity contribution in [2.75, 3.05) is 0 Å². The summed E-state index contributed by atoms with van der Waals surface area (Å²) in [5.74, 6) is 2.17. The Kier molecular flexibility index (Phi) is 1.58. The normalized spacial score (nSPS) is 59.5. The van der Waals surface area contributed by atoms with Crippen molar-refractivity contribution in [3.05, 3.63) is 0 Å². The average molecular weight is 181 g/mol. The van der Waals surface area contributed by atoms with Gasteiger partial charge in [-0.2, -0.15) is 0 Å². The largest absolute Gasteiger partial charge is 0.390 e. The molecule has 0 amide bonds. The molecule has 0 saturated heterocycles. The first-order valence-electron chi connectivity index (χ1n) is 5.64. The Labute approximate surface area is 79.5 Å². The van der Waals surface area contributed by atoms with Crippen LogP contribution in [0, 0.1) is 17.8 Å². The molecule has 0 aromatic heterocycles. The van der Waals surface area contributed by atoms with E-state index in [9.17, 15) is 5.11 Å². The van der Waals surface area contributed by atoms with Gasteiger partial charge in [0.1, 0.15) is 0 Å². The summed E-state index contributed by atoms with van der Waals surface area (Å²) in [6.45, 7) is 0. The van der Waals surface area contributed by atoms with Crippen LogP contribution in [-0.4, -0.2) is 16.7 Å². The van der Waals surface area contributed by atoms with Crippen molar-refractivity contribution in [3.8, 4) is 0 Å². The van der Waals surface area contributed by atoms with Crippen molar-refractivity contribution < 1.29 is 5.11 Å². The molecule has 2 nitrogen and oxygen atoms in total. The molecule has 0 aromatic rings. The van der Waals surface area contributed by atoms with Crippen molar-refractivity contribution in [3.63, 3.8) is 0 Å². The third-order valence-electron chi connectivity index (χ3n) is 4.63. The minimum absolute atomic E-state index is 0.309. The molecule has 3 aliphatic rings. The minimum atomic E-state index is -0.309. The van der Waals surface area contributed by atoms with E-state index in [1.165, 1.54) is 19.3 Å². The van der Waals surface area contributed by atoms with Gasteiger partial charge in [-0.1, -0.05) is 0 Å². The molecular formula is C11H19NO. The van der Waals surface area contributed by atoms with Gasteiger partial charge in [-0.25, -0.2) is 0 Å². The number of nitrogens with two attached hydrogens (primary N) is 1. The summed E-state index contributed by atoms with van der Waals surface area (Å²) >= 11 is 0. The van der Waals surface area contributed by atoms with Gasteiger partial charge in [0.15, 0.2) is 0 Å². The van der Waals surface area contributed by atoms with Crippen LogP contribution in [-0.2, 0) is 0 Å². The van der Waals surface area contributed by atoms with E-state index in [1.54, 1.807) is 0 Å². The summed E-state index contributed by atoms with van der Waals surface area (Å²) in [4.78, 5) is 0. The van der Waals surface area contributed by atoms with Gasteiger partial charge >= 0.3 is 0 Å². The van der Waals surface area contributed by atoms with Crippen molar-refractivity contribution in [1.82, 2.24) is 0 Å². The lowest BCUT2D eigenvalue weighted by atomic mass is 9.77. The monoisotopic (exact) mass is 181 g/mol. The number of fused-ring (bicyclic) bond motifs is 2. The van der Waals surface area contributed by atoms with Crippen LogP contribution in [0.3, 0.4) is 0 Å². The molecule has 0 heterocycles. The predicted molar refractivity (Wildman–Crippen MR) is 51.1 cm³/mol. The quantitative estimate of drug-likeness (QED) is 0.591. The summed E-state index contributed by atoms with van der Waals surface area (Å²) in [6.07, 6.45) is 6.91. The van der Waals surface area contributed by atoms with Crippen molar-refractivity contribution in [2.45, 2.75) is 50.2 Å². The molecule has 0 radical (unpaired) electrons. The molecule has 3 unspecified atom stereocenters. The second kappa shape index (κ2) is 2.48. The molecule has 74 valence electrons. The Morgan fingerprint density at radius 2 is 2.00 bits per heavy atom. The lowest BCUT2D eigenvalue weighted by Gasteiger charge is -2.33. The van der Waals surface area contributed by atoms with Crippen molar-refractivity contribution in [2.24, 2.45) is 23.5 Å². The highest BCUT2D eigenvalue weighted by Crippen LogP contribution is 2.54. The average Bonchev–Trinajstić information content (AvgIpc) is 2.26. The Balaban J connectivity index is 1.94. The smallest absolute Gasteiger partial charge is 0.0656 e. The van der Waals surface area contributed by atoms with Gasteiger partial charge in [-0.3, -0.25) is 0 Å². The number of hydrogen-bond donors (Lipinski definition) is 2. The second-order valence-electron chi connectivity index (χ2n) is 5.60. The van der Waals surface area contributed by atoms with Crippen LogP contribution in [0.1, 0.15) is 38.5 Å². The summed E-state index contributed by atoms with van der Waals surface area (Å²) < 4.78 is 0. The first-order chi connectivity index (χ1) is 6.16. The number of aliphatic hydroxyl groups is 1. The van der Waals surface area contributed by atoms with Gasteiger partial charge in [0.2, 0.25) is 0 Å². The molecule has 3 fully saturated rings. The van der Waals surface area contributed by atoms with Gasteiger partial charge in [0, 0.05) is 6.04 Å². The molecule has 3 aliphatic carbocycles. The molecule has 0 aliphatic heterocycles. The van der Waals surface area contributed by atoms with Gasteiger partial charge in [0.05, 0.1) is 5.60 Å². The summed E-state index contributed by atoms with van der Waals surface area (Å²) in [5, 5.41) is 10.3. The molecular weight excluding hydrogens is 162 g/mol. The second-order valence-corrected chi connectivity index (χ2v) is 5.60. The highest BCUT2D eigenvalue weighted by atomic mass is 16.3. The Morgan fingerprint density at radius 1 is 1.15 bits per heavy atom. The third-order valence-corrected chi connectivity index (χ3v) is 4.63. The van der Waals surface area contributed by atoms with E-state index in [0.29, 0.717) is 12.0 Å². The van der Waals surface area contributed by atoms with Gasteiger partial charge in [0.25, 0.3) is 0 Å². The van der Waals surface area contributed by atoms with Crippen LogP contribution >= 0.6 is 0 Å². The fourth-order valence-corrected chi connectivity index (χ4v) is 4.16. The fourth-order valence-electron chi connectivity index (χ4n) is 4.16. The highest BCUT2D eigenvalue weighted by molar-refractivity contribution is 5.05. The summed E-state index contributed by atoms with van der Waals surface area (Å²) in [5.41, 5.74) is 5.84. The maximum atomic E-state index is 10.3. The lowest BCUT2D eigenvalue weighted by Crippen LogP contribution is -2.35. The summed E-state index contributed by atoms with van der Waals surface area (Å²) in [7, 11) is 0. The van der Waals surface area contributed by atoms with E-state index in [1.807, 2.05) is 0 Å². The van der Waals surface area contributed by atoms with E-state index in [-0.39, 0.29) is 5.60 Å². The van der Waals surface area contributed by atoms with E-state index in [4.69, 9.17) is 5.73 Å². The number of hydrogen-bond acceptors (Lipinski definition) is 2. The molecule has 2 heteroatoms. The molecule has 3 rings (SSSR count). The van der Waals surface area contributed by atoms with Crippen molar-refractivity contribution in [1.29, 1.82) is 0 Å². The van der Waals surface area contributed by atoms with E-state index >= 15 is 0 Å². The molecule has 3 saturated carbocycles. The van der Waals surface area contributed by atoms with Crippen LogP contribution in [0.5, 0.6) is 0 Å². The van der Waals surface area contributed by atoms with Crippen LogP contribution in [0.15, 0.2) is 0 Å². The predicted octanol–water partition coefficient (Wildman–Crippen LogP) is 1.27. The van der Waals surface area contributed by atoms with Gasteiger partial charge in [-0.15, -0.1) is 0 Å². The SMILES string of the molecule is N[C@H]1CCC2CC3C[C@@](O)(C2)CC31. The Bertz CT molecular complexity index is 230. The Hall–Kier alpha value is -0.0800. The molecule has 5 atom stereocenters. The molecule has 3 bridgehead atoms. The van der Waals surface area contributed by atoms with Crippen LogP contribution in [0.4, 0.5) is 0 Å². The molecule has 3 N–H and O–H groups in total.